The number of ether oxygens (including phenoxy) is 18. The number of aliphatic hydroxyl groups is 3. The molecular weight excluding hydrogens is 1790 g/mol. The van der Waals surface area contributed by atoms with E-state index in [1.807, 2.05) is 0 Å². The summed E-state index contributed by atoms with van der Waals surface area (Å²) in [5.41, 5.74) is -12.5. The van der Waals surface area contributed by atoms with E-state index in [9.17, 15) is 102 Å². The molecule has 0 aliphatic carbocycles. The second kappa shape index (κ2) is 67.1. The average Bonchev–Trinajstić information content (AvgIpc) is 0.783. The lowest BCUT2D eigenvalue weighted by atomic mass is 9.90. The van der Waals surface area contributed by atoms with E-state index in [0.29, 0.717) is 57.8 Å². The van der Waals surface area contributed by atoms with Crippen molar-refractivity contribution in [3.8, 4) is 0 Å². The van der Waals surface area contributed by atoms with E-state index < -0.39 is 298 Å². The number of nitrogens with zero attached hydrogens (tertiary/aromatic N) is 3. The van der Waals surface area contributed by atoms with Crippen LogP contribution in [0.15, 0.2) is 166 Å². The summed E-state index contributed by atoms with van der Waals surface area (Å²) < 4.78 is 101. The van der Waals surface area contributed by atoms with Gasteiger partial charge in [0.15, 0.2) is 0 Å². The highest BCUT2D eigenvalue weighted by atomic mass is 16.6. The third-order valence-electron chi connectivity index (χ3n) is 19.8. The van der Waals surface area contributed by atoms with Gasteiger partial charge in [-0.2, -0.15) is 0 Å². The van der Waals surface area contributed by atoms with Crippen LogP contribution in [0.25, 0.3) is 0 Å². The largest absolute Gasteiger partial charge is 0.465 e. The maximum absolute atomic E-state index is 14.3. The Balaban J connectivity index is 3.61. The Hall–Kier alpha value is -13.1. The molecule has 0 aliphatic rings. The maximum atomic E-state index is 14.3. The minimum atomic E-state index is -1.69. The molecule has 0 aliphatic heterocycles. The first kappa shape index (κ1) is 120. The zero-order valence-electron chi connectivity index (χ0n) is 76.4. The van der Waals surface area contributed by atoms with E-state index in [1.165, 1.54) is 0 Å². The first-order valence-electron chi connectivity index (χ1n) is 42.7. The molecule has 43 heteroatoms. The van der Waals surface area contributed by atoms with Crippen LogP contribution < -0.4 is 22.4 Å². The standard InChI is InChI=1S/C92H128N4O39/c1-13-69(100)121-54-87(45-97,55-122-70(101)14-2)48-118-51-90(60-127-75(106)19-7,61-128-76(107)20-8)66-133-81(112)39-33-27-25-30-36-42-94-84(115)95(43-37-31-26-28-34-40-82(113)134-67-91(62-129-77(108)21-9,63-130-78(109)22-10)52-119-49-88(46-98,56-123-71(102)15-3)57-124-72(103)16-4)86(117)96(85(94)116)44-38-32-29-35-41-93-83(114)135-68-92(64-131-79(110)23-11,65-132-80(111)24-12)53-120-50-89(47-99,58-125-73(104)17-5)59-126-74(105)18-6/h13-24,97-99H,1-12,25-68H2,(H,93,114). The van der Waals surface area contributed by atoms with Crippen LogP contribution in [-0.2, 0) is 172 Å². The Labute approximate surface area is 781 Å². The van der Waals surface area contributed by atoms with Crippen LogP contribution in [0.5, 0.6) is 0 Å². The van der Waals surface area contributed by atoms with Crippen molar-refractivity contribution in [2.75, 3.05) is 165 Å². The zero-order valence-corrected chi connectivity index (χ0v) is 76.4. The molecule has 0 radical (unpaired) electrons. The van der Waals surface area contributed by atoms with Gasteiger partial charge in [-0.1, -0.05) is 130 Å². The van der Waals surface area contributed by atoms with E-state index in [-0.39, 0.29) is 71.1 Å². The fraction of sp³-hybridized carbons (Fsp3) is 0.543. The molecule has 750 valence electrons. The zero-order chi connectivity index (χ0) is 101. The van der Waals surface area contributed by atoms with Crippen LogP contribution in [0.3, 0.4) is 0 Å². The monoisotopic (exact) mass is 1910 g/mol. The number of nitrogens with one attached hydrogen (secondary N) is 1. The predicted molar refractivity (Wildman–Crippen MR) is 477 cm³/mol. The topological polar surface area (TPSA) is 561 Å². The summed E-state index contributed by atoms with van der Waals surface area (Å²) in [6.07, 6.45) is 13.5. The second-order valence-electron chi connectivity index (χ2n) is 31.3. The van der Waals surface area contributed by atoms with E-state index in [1.54, 1.807) is 0 Å². The molecule has 0 spiro atoms. The summed E-state index contributed by atoms with van der Waals surface area (Å²) in [7, 11) is 0. The third kappa shape index (κ3) is 48.4. The molecule has 1 amide bonds. The number of aromatic nitrogens is 3. The van der Waals surface area contributed by atoms with E-state index in [2.05, 4.69) is 84.3 Å². The molecule has 0 bridgehead atoms. The summed E-state index contributed by atoms with van der Waals surface area (Å²) in [6, 6.07) is 0. The van der Waals surface area contributed by atoms with E-state index in [0.717, 1.165) is 86.6 Å². The number of esters is 14. The van der Waals surface area contributed by atoms with Gasteiger partial charge in [-0.05, 0) is 38.5 Å². The molecule has 0 saturated heterocycles. The molecule has 1 rings (SSSR count). The number of aliphatic hydroxyl groups excluding tert-OH is 3. The minimum Gasteiger partial charge on any atom is -0.465 e. The van der Waals surface area contributed by atoms with Gasteiger partial charge in [-0.25, -0.2) is 90.4 Å². The molecule has 135 heavy (non-hydrogen) atoms. The first-order valence-corrected chi connectivity index (χ1v) is 42.7. The lowest BCUT2D eigenvalue weighted by Gasteiger charge is -2.34. The highest BCUT2D eigenvalue weighted by Gasteiger charge is 2.44. The smallest absolute Gasteiger partial charge is 0.407 e. The molecule has 0 fully saturated rings. The highest BCUT2D eigenvalue weighted by Crippen LogP contribution is 2.30. The molecule has 1 aromatic heterocycles. The normalized spacial score (nSPS) is 11.3. The lowest BCUT2D eigenvalue weighted by Crippen LogP contribution is -2.54. The molecule has 1 aromatic rings. The Kier molecular flexibility index (Phi) is 59.6. The molecule has 4 N–H and O–H groups in total. The molecule has 0 unspecified atom stereocenters. The van der Waals surface area contributed by atoms with Crippen molar-refractivity contribution in [2.24, 2.45) is 32.5 Å². The summed E-state index contributed by atoms with van der Waals surface area (Å²) in [4.78, 5) is 230. The molecule has 0 aromatic carbocycles. The van der Waals surface area contributed by atoms with Gasteiger partial charge in [-0.3, -0.25) is 9.59 Å². The molecule has 0 saturated carbocycles. The summed E-state index contributed by atoms with van der Waals surface area (Å²) in [5, 5.41) is 34.1. The van der Waals surface area contributed by atoms with Gasteiger partial charge in [0.1, 0.15) is 99.1 Å². The highest BCUT2D eigenvalue weighted by molar-refractivity contribution is 5.85. The van der Waals surface area contributed by atoms with Crippen LogP contribution in [-0.4, -0.2) is 284 Å². The number of carbonyl (C=O) groups is 15. The number of carbonyl (C=O) groups excluding carboxylic acids is 15. The third-order valence-corrected chi connectivity index (χ3v) is 19.8. The first-order chi connectivity index (χ1) is 64.5. The van der Waals surface area contributed by atoms with Gasteiger partial charge in [0.25, 0.3) is 0 Å². The fourth-order valence-corrected chi connectivity index (χ4v) is 11.6. The van der Waals surface area contributed by atoms with Gasteiger partial charge >= 0.3 is 107 Å². The number of hydrogen-bond acceptors (Lipinski definition) is 39. The Morgan fingerprint density at radius 2 is 0.400 bits per heavy atom. The Morgan fingerprint density at radius 1 is 0.230 bits per heavy atom. The van der Waals surface area contributed by atoms with Crippen molar-refractivity contribution in [3.63, 3.8) is 0 Å². The van der Waals surface area contributed by atoms with Crippen molar-refractivity contribution >= 4 is 89.7 Å². The van der Waals surface area contributed by atoms with Crippen molar-refractivity contribution in [3.05, 3.63) is 183 Å². The van der Waals surface area contributed by atoms with E-state index in [4.69, 9.17) is 85.3 Å². The quantitative estimate of drug-likeness (QED) is 0.0311. The van der Waals surface area contributed by atoms with Gasteiger partial charge in [0.05, 0.1) is 92.0 Å². The lowest BCUT2D eigenvalue weighted by molar-refractivity contribution is -0.172. The number of hydrogen-bond donors (Lipinski definition) is 4. The molecular formula is C92H128N4O39. The average molecular weight is 1910 g/mol. The summed E-state index contributed by atoms with van der Waals surface area (Å²) in [5.74, 6) is -12.4. The van der Waals surface area contributed by atoms with Crippen LogP contribution in [0, 0.1) is 32.5 Å². The number of unbranched alkanes of at least 4 members (excludes halogenated alkanes) is 11. The van der Waals surface area contributed by atoms with Gasteiger partial charge in [0.2, 0.25) is 0 Å². The van der Waals surface area contributed by atoms with Gasteiger partial charge in [-0.15, -0.1) is 0 Å². The van der Waals surface area contributed by atoms with Crippen molar-refractivity contribution in [1.29, 1.82) is 0 Å². The van der Waals surface area contributed by atoms with Gasteiger partial charge < -0.3 is 106 Å². The predicted octanol–water partition coefficient (Wildman–Crippen LogP) is 3.92. The van der Waals surface area contributed by atoms with Gasteiger partial charge in [0, 0.05) is 112 Å². The van der Waals surface area contributed by atoms with Crippen molar-refractivity contribution in [1.82, 2.24) is 19.0 Å². The Bertz CT molecular complexity index is 3770. The van der Waals surface area contributed by atoms with Crippen molar-refractivity contribution in [2.45, 2.75) is 122 Å². The SMILES string of the molecule is C=CC(=O)OCC(CO)(COCC(COC(=O)C=C)(COC(=O)C=C)COC(=O)CCCCCCCn1c(=O)n(CCCCCCCC(=O)OCC(COCC(CO)(COC(=O)C=C)COC(=O)C=C)(COC(=O)C=C)COC(=O)C=C)c(=O)n(CCCCCCNC(=O)OCC(COCC(CO)(COC(=O)C=C)COC(=O)C=C)(COC(=O)C=C)COC(=O)C=C)c1=O)COC(=O)C=C. The maximum Gasteiger partial charge on any atom is 0.407 e. The van der Waals surface area contributed by atoms with Crippen LogP contribution in [0.2, 0.25) is 0 Å². The number of alkyl carbamates (subject to hydrolysis) is 1. The molecule has 43 nitrogen and oxygen atoms in total. The molecule has 0 atom stereocenters. The van der Waals surface area contributed by atoms with Crippen LogP contribution in [0.1, 0.15) is 103 Å². The minimum absolute atomic E-state index is 0.00318. The van der Waals surface area contributed by atoms with Crippen LogP contribution in [0.4, 0.5) is 4.79 Å². The Morgan fingerprint density at radius 3 is 0.607 bits per heavy atom. The van der Waals surface area contributed by atoms with Crippen molar-refractivity contribution < 1.29 is 173 Å². The number of rotatable bonds is 80. The van der Waals surface area contributed by atoms with E-state index >= 15 is 0 Å². The summed E-state index contributed by atoms with van der Waals surface area (Å²) >= 11 is 0. The fourth-order valence-electron chi connectivity index (χ4n) is 11.6. The summed E-state index contributed by atoms with van der Waals surface area (Å²) in [6.45, 7) is 25.4. The molecule has 1 heterocycles. The number of amides is 1. The van der Waals surface area contributed by atoms with Crippen LogP contribution >= 0.6 is 0 Å². The second-order valence-corrected chi connectivity index (χ2v) is 31.3.